The Balaban J connectivity index is 1.89. The minimum Gasteiger partial charge on any atom is -0.427 e. The fourth-order valence-corrected chi connectivity index (χ4v) is 8.13. The first-order valence-corrected chi connectivity index (χ1v) is 11.0. The van der Waals surface area contributed by atoms with Gasteiger partial charge in [-0.3, -0.25) is 0 Å². The number of rotatable bonds is 2. The van der Waals surface area contributed by atoms with E-state index in [-0.39, 0.29) is 9.28 Å². The number of hydrogen-bond donors (Lipinski definition) is 0. The Kier molecular flexibility index (Phi) is 3.54. The van der Waals surface area contributed by atoms with Crippen molar-refractivity contribution in [2.45, 2.75) is 12.5 Å². The van der Waals surface area contributed by atoms with Gasteiger partial charge in [0, 0.05) is 11.5 Å². The second kappa shape index (κ2) is 4.90. The van der Waals surface area contributed by atoms with Gasteiger partial charge in [0.1, 0.15) is 0 Å². The van der Waals surface area contributed by atoms with Crippen LogP contribution in [0.2, 0.25) is 6.04 Å². The summed E-state index contributed by atoms with van der Waals surface area (Å²) >= 11 is 1.82. The van der Waals surface area contributed by atoms with Crippen LogP contribution in [0, 0.1) is 0 Å². The number of hydrogen-bond acceptors (Lipinski definition) is 2. The van der Waals surface area contributed by atoms with Crippen molar-refractivity contribution in [1.82, 2.24) is 0 Å². The van der Waals surface area contributed by atoms with Gasteiger partial charge in [-0.15, -0.1) is 11.3 Å². The van der Waals surface area contributed by atoms with E-state index >= 15 is 0 Å². The first-order chi connectivity index (χ1) is 6.45. The molecule has 13 heavy (non-hydrogen) atoms. The Morgan fingerprint density at radius 1 is 1.62 bits per heavy atom. The van der Waals surface area contributed by atoms with E-state index < -0.39 is 8.31 Å². The van der Waals surface area contributed by atoms with E-state index in [0.29, 0.717) is 0 Å². The molecule has 70 valence electrons. The third kappa shape index (κ3) is 2.91. The fraction of sp³-hybridized carbons (Fsp3) is 0.333. The lowest BCUT2D eigenvalue weighted by Crippen LogP contribution is -2.28. The Hall–Kier alpha value is -0.166. The van der Waals surface area contributed by atoms with Crippen molar-refractivity contribution in [3.05, 3.63) is 28.1 Å². The fourth-order valence-electron chi connectivity index (χ4n) is 1.53. The molecule has 0 amide bonds. The van der Waals surface area contributed by atoms with Crippen LogP contribution in [0.1, 0.15) is 11.3 Å². The normalized spacial score (nSPS) is 25.7. The molecule has 0 aromatic carbocycles. The van der Waals surface area contributed by atoms with Crippen LogP contribution in [-0.2, 0) is 4.43 Å². The van der Waals surface area contributed by atoms with Crippen LogP contribution in [0.15, 0.2) is 23.2 Å². The van der Waals surface area contributed by atoms with Crippen LogP contribution in [0.5, 0.6) is 0 Å². The summed E-state index contributed by atoms with van der Waals surface area (Å²) < 4.78 is 5.60. The van der Waals surface area contributed by atoms with Crippen molar-refractivity contribution < 1.29 is 4.43 Å². The largest absolute Gasteiger partial charge is 0.427 e. The predicted molar refractivity (Wildman–Crippen MR) is 64.4 cm³/mol. The first-order valence-electron chi connectivity index (χ1n) is 4.74. The number of thiophene rings is 1. The van der Waals surface area contributed by atoms with Crippen molar-refractivity contribution in [3.8, 4) is 0 Å². The lowest BCUT2D eigenvalue weighted by Gasteiger charge is -2.16. The Morgan fingerprint density at radius 2 is 2.62 bits per heavy atom. The van der Waals surface area contributed by atoms with Crippen molar-refractivity contribution in [2.75, 3.05) is 6.61 Å². The van der Waals surface area contributed by atoms with Gasteiger partial charge in [0.15, 0.2) is 9.28 Å². The summed E-state index contributed by atoms with van der Waals surface area (Å²) in [6, 6.07) is 5.77. The van der Waals surface area contributed by atoms with Crippen LogP contribution < -0.4 is 0 Å². The smallest absolute Gasteiger partial charge is 0.151 e. The van der Waals surface area contributed by atoms with E-state index in [0.717, 1.165) is 6.61 Å². The van der Waals surface area contributed by atoms with Crippen molar-refractivity contribution in [1.29, 1.82) is 0 Å². The maximum Gasteiger partial charge on any atom is 0.151 e. The summed E-state index contributed by atoms with van der Waals surface area (Å²) in [7, 11) is -0.648. The van der Waals surface area contributed by atoms with Crippen molar-refractivity contribution in [2.24, 2.45) is 0 Å². The highest BCUT2D eigenvalue weighted by Crippen LogP contribution is 2.12. The summed E-state index contributed by atoms with van der Waals surface area (Å²) in [4.78, 5) is 1.40. The third-order valence-corrected chi connectivity index (χ3v) is 9.98. The SMILES string of the molecule is C(=C[SiH]1CCCO[SiH2]1)c1cccs1. The highest BCUT2D eigenvalue weighted by atomic mass is 32.1. The molecule has 2 heterocycles. The van der Waals surface area contributed by atoms with Gasteiger partial charge in [-0.25, -0.2) is 0 Å². The molecule has 0 bridgehead atoms. The predicted octanol–water partition coefficient (Wildman–Crippen LogP) is 1.53. The van der Waals surface area contributed by atoms with E-state index in [9.17, 15) is 0 Å². The van der Waals surface area contributed by atoms with Gasteiger partial charge in [0.25, 0.3) is 0 Å². The van der Waals surface area contributed by atoms with E-state index in [1.54, 1.807) is 0 Å². The molecule has 0 saturated carbocycles. The quantitative estimate of drug-likeness (QED) is 0.695. The summed E-state index contributed by atoms with van der Waals surface area (Å²) in [5, 5.41) is 2.13. The standard InChI is InChI=1S/C9H14OSSi2/c1-3-9(11-6-1)4-8-13-7-2-5-10-12-13/h1,3-4,6,8,13H,2,5,7,12H2. The lowest BCUT2D eigenvalue weighted by atomic mass is 10.5. The second-order valence-electron chi connectivity index (χ2n) is 3.35. The lowest BCUT2D eigenvalue weighted by molar-refractivity contribution is 0.336. The van der Waals surface area contributed by atoms with Crippen LogP contribution in [0.4, 0.5) is 0 Å². The second-order valence-corrected chi connectivity index (χ2v) is 11.7. The molecule has 2 rings (SSSR count). The molecule has 1 unspecified atom stereocenters. The highest BCUT2D eigenvalue weighted by Gasteiger charge is 2.12. The van der Waals surface area contributed by atoms with Gasteiger partial charge in [-0.05, 0) is 17.9 Å². The minimum absolute atomic E-state index is 0.120. The minimum atomic E-state index is -0.528. The molecule has 1 aromatic heterocycles. The third-order valence-electron chi connectivity index (χ3n) is 2.27. The summed E-state index contributed by atoms with van der Waals surface area (Å²) in [5.74, 6) is 0. The molecule has 1 aliphatic heterocycles. The molecule has 0 radical (unpaired) electrons. The zero-order chi connectivity index (χ0) is 8.93. The molecule has 1 fully saturated rings. The monoisotopic (exact) mass is 226 g/mol. The topological polar surface area (TPSA) is 9.23 Å². The van der Waals surface area contributed by atoms with Crippen LogP contribution in [-0.4, -0.2) is 24.2 Å². The Morgan fingerprint density at radius 3 is 3.31 bits per heavy atom. The molecule has 1 nitrogen and oxygen atoms in total. The average Bonchev–Trinajstić information content (AvgIpc) is 2.69. The average molecular weight is 226 g/mol. The molecular weight excluding hydrogens is 212 g/mol. The van der Waals surface area contributed by atoms with Gasteiger partial charge < -0.3 is 4.43 Å². The van der Waals surface area contributed by atoms with Crippen LogP contribution >= 0.6 is 11.3 Å². The molecule has 4 heteroatoms. The molecular formula is C9H14OSSi2. The van der Waals surface area contributed by atoms with E-state index in [1.165, 1.54) is 17.3 Å². The van der Waals surface area contributed by atoms with E-state index in [2.05, 4.69) is 29.3 Å². The molecule has 0 N–H and O–H groups in total. The van der Waals surface area contributed by atoms with Gasteiger partial charge in [0.05, 0.1) is 8.31 Å². The van der Waals surface area contributed by atoms with Crippen molar-refractivity contribution >= 4 is 35.0 Å². The van der Waals surface area contributed by atoms with Gasteiger partial charge >= 0.3 is 0 Å². The molecule has 1 aliphatic rings. The van der Waals surface area contributed by atoms with Crippen molar-refractivity contribution in [3.63, 3.8) is 0 Å². The van der Waals surface area contributed by atoms with E-state index in [1.807, 2.05) is 11.3 Å². The molecule has 1 atom stereocenters. The maximum atomic E-state index is 5.60. The highest BCUT2D eigenvalue weighted by molar-refractivity contribution is 7.13. The Labute approximate surface area is 86.8 Å². The molecule has 0 spiro atoms. The Bertz CT molecular complexity index is 265. The zero-order valence-corrected chi connectivity index (χ0v) is 11.0. The molecule has 1 saturated heterocycles. The zero-order valence-electron chi connectivity index (χ0n) is 7.61. The summed E-state index contributed by atoms with van der Waals surface area (Å²) in [6.45, 7) is 1.04. The maximum absolute atomic E-state index is 5.60. The molecule has 0 aliphatic carbocycles. The summed E-state index contributed by atoms with van der Waals surface area (Å²) in [5.41, 5.74) is 2.48. The van der Waals surface area contributed by atoms with Gasteiger partial charge in [-0.1, -0.05) is 23.9 Å². The van der Waals surface area contributed by atoms with Gasteiger partial charge in [0.2, 0.25) is 0 Å². The van der Waals surface area contributed by atoms with E-state index in [4.69, 9.17) is 4.43 Å². The van der Waals surface area contributed by atoms with Crippen LogP contribution in [0.3, 0.4) is 0 Å². The summed E-state index contributed by atoms with van der Waals surface area (Å²) in [6.07, 6.45) is 3.61. The first kappa shape index (κ1) is 9.39. The van der Waals surface area contributed by atoms with Gasteiger partial charge in [-0.2, -0.15) is 0 Å². The molecule has 1 aromatic rings. The van der Waals surface area contributed by atoms with Crippen LogP contribution in [0.25, 0.3) is 6.08 Å².